The molecular formula is C16H21N3OS. The minimum absolute atomic E-state index is 0.245. The number of rotatable bonds is 4. The Bertz CT molecular complexity index is 558. The molecule has 1 N–H and O–H groups in total. The first-order valence-electron chi connectivity index (χ1n) is 7.46. The first-order valence-corrected chi connectivity index (χ1v) is 8.28. The highest BCUT2D eigenvalue weighted by Crippen LogP contribution is 2.31. The zero-order valence-electron chi connectivity index (χ0n) is 12.1. The van der Waals surface area contributed by atoms with Crippen LogP contribution in [0.5, 0.6) is 0 Å². The van der Waals surface area contributed by atoms with Crippen LogP contribution in [0.2, 0.25) is 0 Å². The van der Waals surface area contributed by atoms with Crippen LogP contribution in [0.15, 0.2) is 36.5 Å². The molecule has 0 saturated carbocycles. The van der Waals surface area contributed by atoms with E-state index in [0.29, 0.717) is 0 Å². The van der Waals surface area contributed by atoms with E-state index >= 15 is 0 Å². The van der Waals surface area contributed by atoms with Gasteiger partial charge < -0.3 is 10.0 Å². The maximum absolute atomic E-state index is 9.06. The molecule has 5 heteroatoms. The SMILES string of the molecule is OCCN1CCCN(c2ncc(-c3ccccc3)s2)CC1. The van der Waals surface area contributed by atoms with Crippen molar-refractivity contribution in [3.63, 3.8) is 0 Å². The Morgan fingerprint density at radius 1 is 1.10 bits per heavy atom. The van der Waals surface area contributed by atoms with Crippen molar-refractivity contribution in [1.29, 1.82) is 0 Å². The average molecular weight is 303 g/mol. The van der Waals surface area contributed by atoms with Crippen LogP contribution in [-0.2, 0) is 0 Å². The molecule has 0 spiro atoms. The van der Waals surface area contributed by atoms with E-state index in [0.717, 1.165) is 44.3 Å². The van der Waals surface area contributed by atoms with Gasteiger partial charge in [0.25, 0.3) is 0 Å². The summed E-state index contributed by atoms with van der Waals surface area (Å²) in [6.07, 6.45) is 3.10. The first-order chi connectivity index (χ1) is 10.4. The number of hydrogen-bond donors (Lipinski definition) is 1. The number of thiazole rings is 1. The summed E-state index contributed by atoms with van der Waals surface area (Å²) >= 11 is 1.76. The lowest BCUT2D eigenvalue weighted by molar-refractivity contribution is 0.204. The fraction of sp³-hybridized carbons (Fsp3) is 0.438. The molecule has 0 bridgehead atoms. The van der Waals surface area contributed by atoms with Crippen molar-refractivity contribution >= 4 is 16.5 Å². The first kappa shape index (κ1) is 14.5. The molecule has 1 aliphatic rings. The van der Waals surface area contributed by atoms with Crippen molar-refractivity contribution in [2.24, 2.45) is 0 Å². The largest absolute Gasteiger partial charge is 0.395 e. The summed E-state index contributed by atoms with van der Waals surface area (Å²) in [5.74, 6) is 0. The van der Waals surface area contributed by atoms with Crippen molar-refractivity contribution in [1.82, 2.24) is 9.88 Å². The molecular weight excluding hydrogens is 282 g/mol. The smallest absolute Gasteiger partial charge is 0.185 e. The maximum Gasteiger partial charge on any atom is 0.185 e. The van der Waals surface area contributed by atoms with Gasteiger partial charge in [-0.3, -0.25) is 4.90 Å². The van der Waals surface area contributed by atoms with E-state index in [1.807, 2.05) is 12.3 Å². The van der Waals surface area contributed by atoms with Crippen molar-refractivity contribution in [2.45, 2.75) is 6.42 Å². The van der Waals surface area contributed by atoms with Crippen molar-refractivity contribution < 1.29 is 5.11 Å². The van der Waals surface area contributed by atoms with Gasteiger partial charge in [-0.2, -0.15) is 0 Å². The molecule has 1 aromatic carbocycles. The van der Waals surface area contributed by atoms with Gasteiger partial charge in [0.15, 0.2) is 5.13 Å². The van der Waals surface area contributed by atoms with E-state index in [1.54, 1.807) is 11.3 Å². The molecule has 0 unspecified atom stereocenters. The van der Waals surface area contributed by atoms with Gasteiger partial charge in [-0.05, 0) is 18.5 Å². The molecule has 1 fully saturated rings. The van der Waals surface area contributed by atoms with Gasteiger partial charge in [-0.15, -0.1) is 0 Å². The van der Waals surface area contributed by atoms with Crippen LogP contribution in [0.4, 0.5) is 5.13 Å². The van der Waals surface area contributed by atoms with Gasteiger partial charge >= 0.3 is 0 Å². The third-order valence-electron chi connectivity index (χ3n) is 3.83. The van der Waals surface area contributed by atoms with E-state index < -0.39 is 0 Å². The summed E-state index contributed by atoms with van der Waals surface area (Å²) in [6.45, 7) is 5.12. The van der Waals surface area contributed by atoms with Gasteiger partial charge in [0.05, 0.1) is 11.5 Å². The van der Waals surface area contributed by atoms with Crippen molar-refractivity contribution in [2.75, 3.05) is 44.2 Å². The van der Waals surface area contributed by atoms with Crippen molar-refractivity contribution in [3.8, 4) is 10.4 Å². The minimum atomic E-state index is 0.245. The molecule has 0 aliphatic carbocycles. The predicted molar refractivity (Wildman–Crippen MR) is 87.9 cm³/mol. The van der Waals surface area contributed by atoms with Gasteiger partial charge in [-0.1, -0.05) is 41.7 Å². The van der Waals surface area contributed by atoms with E-state index in [2.05, 4.69) is 39.0 Å². The Hall–Kier alpha value is -1.43. The summed E-state index contributed by atoms with van der Waals surface area (Å²) in [5.41, 5.74) is 1.23. The molecule has 0 atom stereocenters. The molecule has 3 rings (SSSR count). The number of nitrogens with zero attached hydrogens (tertiary/aromatic N) is 3. The lowest BCUT2D eigenvalue weighted by Crippen LogP contribution is -2.32. The molecule has 1 aliphatic heterocycles. The summed E-state index contributed by atoms with van der Waals surface area (Å²) in [4.78, 5) is 10.5. The van der Waals surface area contributed by atoms with Crippen LogP contribution in [0.25, 0.3) is 10.4 Å². The highest BCUT2D eigenvalue weighted by Gasteiger charge is 2.17. The van der Waals surface area contributed by atoms with Gasteiger partial charge in [0.1, 0.15) is 0 Å². The topological polar surface area (TPSA) is 39.6 Å². The average Bonchev–Trinajstić information content (AvgIpc) is 2.90. The standard InChI is InChI=1S/C16H21N3OS/c20-12-11-18-7-4-8-19(10-9-18)16-17-13-15(21-16)14-5-2-1-3-6-14/h1-3,5-6,13,20H,4,7-12H2. The summed E-state index contributed by atoms with van der Waals surface area (Å²) in [7, 11) is 0. The second-order valence-electron chi connectivity index (χ2n) is 5.28. The molecule has 0 amide bonds. The van der Waals surface area contributed by atoms with Crippen LogP contribution >= 0.6 is 11.3 Å². The number of aliphatic hydroxyl groups is 1. The van der Waals surface area contributed by atoms with Crippen LogP contribution in [0.1, 0.15) is 6.42 Å². The number of hydrogen-bond acceptors (Lipinski definition) is 5. The van der Waals surface area contributed by atoms with Crippen LogP contribution in [0, 0.1) is 0 Å². The number of benzene rings is 1. The zero-order chi connectivity index (χ0) is 14.5. The Balaban J connectivity index is 1.69. The second kappa shape index (κ2) is 7.02. The Kier molecular flexibility index (Phi) is 4.85. The molecule has 1 saturated heterocycles. The molecule has 112 valence electrons. The third-order valence-corrected chi connectivity index (χ3v) is 4.93. The van der Waals surface area contributed by atoms with Gasteiger partial charge in [-0.25, -0.2) is 4.98 Å². The summed E-state index contributed by atoms with van der Waals surface area (Å²) in [6, 6.07) is 10.4. The van der Waals surface area contributed by atoms with Crippen LogP contribution < -0.4 is 4.90 Å². The molecule has 0 radical (unpaired) electrons. The second-order valence-corrected chi connectivity index (χ2v) is 6.29. The number of aromatic nitrogens is 1. The molecule has 4 nitrogen and oxygen atoms in total. The Morgan fingerprint density at radius 3 is 2.76 bits per heavy atom. The third kappa shape index (κ3) is 3.61. The molecule has 2 aromatic rings. The van der Waals surface area contributed by atoms with Crippen molar-refractivity contribution in [3.05, 3.63) is 36.5 Å². The summed E-state index contributed by atoms with van der Waals surface area (Å²) in [5, 5.41) is 10.2. The van der Waals surface area contributed by atoms with Gasteiger partial charge in [0.2, 0.25) is 0 Å². The lowest BCUT2D eigenvalue weighted by Gasteiger charge is -2.20. The highest BCUT2D eigenvalue weighted by atomic mass is 32.1. The van der Waals surface area contributed by atoms with E-state index in [-0.39, 0.29) is 6.61 Å². The minimum Gasteiger partial charge on any atom is -0.395 e. The predicted octanol–water partition coefficient (Wildman–Crippen LogP) is 2.31. The van der Waals surface area contributed by atoms with Crippen LogP contribution in [0.3, 0.4) is 0 Å². The summed E-state index contributed by atoms with van der Waals surface area (Å²) < 4.78 is 0. The monoisotopic (exact) mass is 303 g/mol. The van der Waals surface area contributed by atoms with E-state index in [9.17, 15) is 0 Å². The molecule has 21 heavy (non-hydrogen) atoms. The Morgan fingerprint density at radius 2 is 1.95 bits per heavy atom. The molecule has 1 aromatic heterocycles. The normalized spacial score (nSPS) is 16.9. The fourth-order valence-electron chi connectivity index (χ4n) is 2.67. The number of aliphatic hydroxyl groups excluding tert-OH is 1. The Labute approximate surface area is 129 Å². The van der Waals surface area contributed by atoms with Crippen LogP contribution in [-0.4, -0.2) is 54.3 Å². The quantitative estimate of drug-likeness (QED) is 0.941. The molecule has 2 heterocycles. The highest BCUT2D eigenvalue weighted by molar-refractivity contribution is 7.18. The maximum atomic E-state index is 9.06. The zero-order valence-corrected chi connectivity index (χ0v) is 12.9. The number of anilines is 1. The lowest BCUT2D eigenvalue weighted by atomic mass is 10.2. The fourth-order valence-corrected chi connectivity index (χ4v) is 3.65. The van der Waals surface area contributed by atoms with Gasteiger partial charge in [0, 0.05) is 32.4 Å². The van der Waals surface area contributed by atoms with E-state index in [4.69, 9.17) is 5.11 Å². The van der Waals surface area contributed by atoms with E-state index in [1.165, 1.54) is 10.4 Å². The number of β-amino-alcohol motifs (C(OH)–C–C–N with tert-alkyl or cyclic N) is 1.